The van der Waals surface area contributed by atoms with E-state index in [1.54, 1.807) is 6.92 Å². The van der Waals surface area contributed by atoms with Gasteiger partial charge in [-0.3, -0.25) is 4.90 Å². The van der Waals surface area contributed by atoms with Gasteiger partial charge in [0.05, 0.1) is 0 Å². The molecular weight excluding hydrogens is 316 g/mol. The normalized spacial score (nSPS) is 17.0. The van der Waals surface area contributed by atoms with E-state index in [2.05, 4.69) is 5.32 Å². The largest absolute Gasteiger partial charge is 0.507 e. The van der Waals surface area contributed by atoms with Crippen molar-refractivity contribution in [2.24, 2.45) is 0 Å². The fourth-order valence-electron chi connectivity index (χ4n) is 2.25. The van der Waals surface area contributed by atoms with Crippen LogP contribution in [0.25, 0.3) is 0 Å². The summed E-state index contributed by atoms with van der Waals surface area (Å²) in [5.41, 5.74) is -0.184. The topological polar surface area (TPSA) is 35.5 Å². The molecule has 2 rings (SSSR count). The fourth-order valence-corrected chi connectivity index (χ4v) is 2.25. The number of benzene rings is 1. The molecule has 0 radical (unpaired) electrons. The van der Waals surface area contributed by atoms with Crippen molar-refractivity contribution >= 4 is 24.8 Å². The lowest BCUT2D eigenvalue weighted by atomic mass is 10.0. The number of nitrogens with zero attached hydrogens (tertiary/aromatic N) is 1. The molecule has 2 N–H and O–H groups in total. The second-order valence-electron chi connectivity index (χ2n) is 4.38. The van der Waals surface area contributed by atoms with Crippen molar-refractivity contribution in [1.29, 1.82) is 0 Å². The molecule has 0 amide bonds. The molecule has 1 aromatic carbocycles. The van der Waals surface area contributed by atoms with Gasteiger partial charge in [0.1, 0.15) is 5.75 Å². The van der Waals surface area contributed by atoms with Crippen LogP contribution in [0, 0.1) is 17.5 Å². The van der Waals surface area contributed by atoms with E-state index in [1.807, 2.05) is 4.90 Å². The molecule has 0 aromatic heterocycles. The van der Waals surface area contributed by atoms with Crippen molar-refractivity contribution in [3.8, 4) is 5.75 Å². The number of phenolic OH excluding ortho intramolecular Hbond substituents is 1. The maximum Gasteiger partial charge on any atom is 0.195 e. The molecule has 8 heteroatoms. The van der Waals surface area contributed by atoms with Crippen LogP contribution in [0.1, 0.15) is 18.5 Å². The van der Waals surface area contributed by atoms with Gasteiger partial charge >= 0.3 is 0 Å². The second-order valence-corrected chi connectivity index (χ2v) is 4.38. The predicted octanol–water partition coefficient (Wildman–Crippen LogP) is 2.62. The summed E-state index contributed by atoms with van der Waals surface area (Å²) in [7, 11) is 0. The maximum atomic E-state index is 13.7. The molecule has 0 unspecified atom stereocenters. The third-order valence-corrected chi connectivity index (χ3v) is 3.30. The Balaban J connectivity index is 0.00000180. The van der Waals surface area contributed by atoms with Gasteiger partial charge in [0.15, 0.2) is 17.5 Å². The Labute approximate surface area is 128 Å². The number of halogens is 5. The van der Waals surface area contributed by atoms with Crippen molar-refractivity contribution in [2.75, 3.05) is 26.2 Å². The number of piperazine rings is 1. The number of hydrogen-bond acceptors (Lipinski definition) is 3. The van der Waals surface area contributed by atoms with E-state index in [-0.39, 0.29) is 30.4 Å². The predicted molar refractivity (Wildman–Crippen MR) is 75.3 cm³/mol. The Morgan fingerprint density at radius 2 is 1.70 bits per heavy atom. The first-order valence-corrected chi connectivity index (χ1v) is 5.83. The molecular formula is C12H17Cl2F3N2O. The quantitative estimate of drug-likeness (QED) is 0.817. The lowest BCUT2D eigenvalue weighted by Crippen LogP contribution is -2.44. The van der Waals surface area contributed by atoms with Crippen molar-refractivity contribution in [3.05, 3.63) is 29.1 Å². The lowest BCUT2D eigenvalue weighted by Gasteiger charge is -2.33. The summed E-state index contributed by atoms with van der Waals surface area (Å²) >= 11 is 0. The lowest BCUT2D eigenvalue weighted by molar-refractivity contribution is 0.178. The van der Waals surface area contributed by atoms with E-state index in [0.717, 1.165) is 13.1 Å². The van der Waals surface area contributed by atoms with Crippen LogP contribution in [0.5, 0.6) is 5.75 Å². The zero-order valence-corrected chi connectivity index (χ0v) is 12.5. The molecule has 3 nitrogen and oxygen atoms in total. The van der Waals surface area contributed by atoms with Crippen LogP contribution in [0.15, 0.2) is 6.07 Å². The van der Waals surface area contributed by atoms with Crippen LogP contribution in [-0.2, 0) is 0 Å². The highest BCUT2D eigenvalue weighted by Gasteiger charge is 2.27. The van der Waals surface area contributed by atoms with Crippen molar-refractivity contribution < 1.29 is 18.3 Å². The number of rotatable bonds is 2. The summed E-state index contributed by atoms with van der Waals surface area (Å²) in [6.45, 7) is 4.49. The van der Waals surface area contributed by atoms with Crippen LogP contribution in [-0.4, -0.2) is 36.2 Å². The highest BCUT2D eigenvalue weighted by atomic mass is 35.5. The van der Waals surface area contributed by atoms with Gasteiger partial charge < -0.3 is 10.4 Å². The molecule has 1 aliphatic rings. The summed E-state index contributed by atoms with van der Waals surface area (Å²) in [6, 6.07) is 0.120. The summed E-state index contributed by atoms with van der Waals surface area (Å²) in [5, 5.41) is 12.7. The summed E-state index contributed by atoms with van der Waals surface area (Å²) in [5.74, 6) is -4.76. The third kappa shape index (κ3) is 3.69. The molecule has 116 valence electrons. The Hall–Kier alpha value is -0.690. The zero-order valence-electron chi connectivity index (χ0n) is 10.8. The average Bonchev–Trinajstić information content (AvgIpc) is 2.37. The molecule has 0 saturated carbocycles. The van der Waals surface area contributed by atoms with Gasteiger partial charge in [0.2, 0.25) is 0 Å². The Kier molecular flexibility index (Phi) is 7.65. The van der Waals surface area contributed by atoms with Crippen molar-refractivity contribution in [3.63, 3.8) is 0 Å². The minimum Gasteiger partial charge on any atom is -0.507 e. The summed E-state index contributed by atoms with van der Waals surface area (Å²) in [4.78, 5) is 1.91. The van der Waals surface area contributed by atoms with Gasteiger partial charge in [-0.2, -0.15) is 0 Å². The SMILES string of the molecule is C[C@@H](c1c(O)cc(F)c(F)c1F)N1CCNCC1.Cl.Cl. The fraction of sp³-hybridized carbons (Fsp3) is 0.500. The van der Waals surface area contributed by atoms with E-state index >= 15 is 0 Å². The second kappa shape index (κ2) is 7.93. The first-order valence-electron chi connectivity index (χ1n) is 5.83. The molecule has 0 spiro atoms. The van der Waals surface area contributed by atoms with Gasteiger partial charge in [-0.1, -0.05) is 0 Å². The Morgan fingerprint density at radius 3 is 2.25 bits per heavy atom. The van der Waals surface area contributed by atoms with Crippen LogP contribution in [0.2, 0.25) is 0 Å². The Bertz CT molecular complexity index is 457. The Morgan fingerprint density at radius 1 is 1.15 bits per heavy atom. The van der Waals surface area contributed by atoms with E-state index in [1.165, 1.54) is 0 Å². The molecule has 1 fully saturated rings. The van der Waals surface area contributed by atoms with Crippen LogP contribution in [0.4, 0.5) is 13.2 Å². The average molecular weight is 333 g/mol. The van der Waals surface area contributed by atoms with Gasteiger partial charge in [-0.05, 0) is 6.92 Å². The van der Waals surface area contributed by atoms with Crippen molar-refractivity contribution in [2.45, 2.75) is 13.0 Å². The van der Waals surface area contributed by atoms with Crippen LogP contribution in [0.3, 0.4) is 0 Å². The summed E-state index contributed by atoms with van der Waals surface area (Å²) < 4.78 is 39.8. The van der Waals surface area contributed by atoms with E-state index in [0.29, 0.717) is 19.2 Å². The number of hydrogen-bond donors (Lipinski definition) is 2. The molecule has 1 atom stereocenters. The van der Waals surface area contributed by atoms with Crippen molar-refractivity contribution in [1.82, 2.24) is 10.2 Å². The van der Waals surface area contributed by atoms with Crippen LogP contribution >= 0.6 is 24.8 Å². The molecule has 20 heavy (non-hydrogen) atoms. The first-order chi connectivity index (χ1) is 8.52. The minimum atomic E-state index is -1.54. The van der Waals surface area contributed by atoms with Gasteiger partial charge in [0, 0.05) is 43.9 Å². The molecule has 0 aliphatic carbocycles. The van der Waals surface area contributed by atoms with Crippen LogP contribution < -0.4 is 5.32 Å². The molecule has 0 bridgehead atoms. The summed E-state index contributed by atoms with van der Waals surface area (Å²) in [6.07, 6.45) is 0. The molecule has 1 saturated heterocycles. The van der Waals surface area contributed by atoms with E-state index < -0.39 is 29.2 Å². The third-order valence-electron chi connectivity index (χ3n) is 3.30. The maximum absolute atomic E-state index is 13.7. The molecule has 1 aliphatic heterocycles. The number of phenols is 1. The standard InChI is InChI=1S/C12H15F3N2O.2ClH/c1-7(17-4-2-16-3-5-17)10-9(18)6-8(13)11(14)12(10)15;;/h6-7,16,18H,2-5H2,1H3;2*1H/t7-;;/m0../s1. The first kappa shape index (κ1) is 19.3. The van der Waals surface area contributed by atoms with E-state index in [4.69, 9.17) is 0 Å². The monoisotopic (exact) mass is 332 g/mol. The van der Waals surface area contributed by atoms with Gasteiger partial charge in [-0.25, -0.2) is 13.2 Å². The minimum absolute atomic E-state index is 0. The van der Waals surface area contributed by atoms with Gasteiger partial charge in [0.25, 0.3) is 0 Å². The molecule has 1 aromatic rings. The number of nitrogens with one attached hydrogen (secondary N) is 1. The van der Waals surface area contributed by atoms with E-state index in [9.17, 15) is 18.3 Å². The number of aromatic hydroxyl groups is 1. The molecule has 1 heterocycles. The van der Waals surface area contributed by atoms with Gasteiger partial charge in [-0.15, -0.1) is 24.8 Å². The smallest absolute Gasteiger partial charge is 0.195 e. The highest BCUT2D eigenvalue weighted by molar-refractivity contribution is 5.85. The zero-order chi connectivity index (χ0) is 13.3. The highest BCUT2D eigenvalue weighted by Crippen LogP contribution is 2.33.